The molecule has 0 aromatic carbocycles. The monoisotopic (exact) mass is 374 g/mol. The van der Waals surface area contributed by atoms with Crippen molar-refractivity contribution < 1.29 is 4.79 Å². The summed E-state index contributed by atoms with van der Waals surface area (Å²) in [4.78, 5) is 11.8. The molecule has 2 saturated carbocycles. The van der Waals surface area contributed by atoms with Crippen molar-refractivity contribution in [2.24, 2.45) is 29.1 Å². The molecule has 0 N–H and O–H groups in total. The van der Waals surface area contributed by atoms with Crippen LogP contribution in [0.1, 0.15) is 85.0 Å². The zero-order valence-electron chi connectivity index (χ0n) is 17.1. The molecule has 0 aromatic rings. The number of hydrogen-bond acceptors (Lipinski definition) is 2. The minimum atomic E-state index is 0.337. The van der Waals surface area contributed by atoms with Crippen molar-refractivity contribution in [3.8, 4) is 0 Å². The van der Waals surface area contributed by atoms with Crippen molar-refractivity contribution >= 4 is 18.4 Å². The molecule has 0 amide bonds. The molecule has 26 heavy (non-hydrogen) atoms. The predicted octanol–water partition coefficient (Wildman–Crippen LogP) is 6.79. The average Bonchev–Trinajstić information content (AvgIpc) is 2.91. The number of thiol groups is 1. The number of hydrogen-bond donors (Lipinski definition) is 1. The second kappa shape index (κ2) is 8.25. The fourth-order valence-corrected chi connectivity index (χ4v) is 6.98. The Labute approximate surface area is 166 Å². The largest absolute Gasteiger partial charge is 0.295 e. The molecule has 0 aliphatic heterocycles. The van der Waals surface area contributed by atoms with Gasteiger partial charge in [0.25, 0.3) is 0 Å². The highest BCUT2D eigenvalue weighted by Crippen LogP contribution is 2.59. The Morgan fingerprint density at radius 3 is 2.77 bits per heavy atom. The number of fused-ring (bicyclic) bond motifs is 1. The summed E-state index contributed by atoms with van der Waals surface area (Å²) in [5.74, 6) is 3.28. The molecule has 0 aromatic heterocycles. The van der Waals surface area contributed by atoms with Crippen molar-refractivity contribution in [1.29, 1.82) is 0 Å². The zero-order valence-corrected chi connectivity index (χ0v) is 18.0. The molecule has 2 heteroatoms. The van der Waals surface area contributed by atoms with E-state index in [-0.39, 0.29) is 0 Å². The lowest BCUT2D eigenvalue weighted by Gasteiger charge is -2.47. The highest BCUT2D eigenvalue weighted by Gasteiger charge is 2.51. The summed E-state index contributed by atoms with van der Waals surface area (Å²) in [5, 5.41) is 0.428. The van der Waals surface area contributed by atoms with Crippen molar-refractivity contribution in [2.75, 3.05) is 0 Å². The first-order valence-electron chi connectivity index (χ1n) is 11.0. The highest BCUT2D eigenvalue weighted by atomic mass is 32.1. The van der Waals surface area contributed by atoms with E-state index in [1.807, 2.05) is 6.08 Å². The number of allylic oxidation sites excluding steroid dienone is 3. The van der Waals surface area contributed by atoms with Gasteiger partial charge in [-0.05, 0) is 80.1 Å². The Kier molecular flexibility index (Phi) is 6.42. The van der Waals surface area contributed by atoms with Gasteiger partial charge >= 0.3 is 0 Å². The molecular formula is C24H38OS. The van der Waals surface area contributed by atoms with Crippen molar-refractivity contribution in [1.82, 2.24) is 0 Å². The molecule has 3 aliphatic rings. The lowest BCUT2D eigenvalue weighted by atomic mass is 9.60. The maximum absolute atomic E-state index is 11.8. The maximum atomic E-state index is 11.8. The first-order chi connectivity index (χ1) is 12.4. The van der Waals surface area contributed by atoms with Crippen LogP contribution in [0.15, 0.2) is 23.8 Å². The summed E-state index contributed by atoms with van der Waals surface area (Å²) in [6, 6.07) is 0. The van der Waals surface area contributed by atoms with Gasteiger partial charge in [-0.2, -0.15) is 12.6 Å². The van der Waals surface area contributed by atoms with Crippen LogP contribution in [0.2, 0.25) is 0 Å². The van der Waals surface area contributed by atoms with Gasteiger partial charge in [0.15, 0.2) is 5.78 Å². The molecule has 6 unspecified atom stereocenters. The van der Waals surface area contributed by atoms with Crippen LogP contribution in [0.5, 0.6) is 0 Å². The SMILES string of the molecule is C=C(CCC)CC1CCC(C2CC3CCC(=O)C=C3CC2S)C1(C)CC. The summed E-state index contributed by atoms with van der Waals surface area (Å²) in [7, 11) is 0. The zero-order chi connectivity index (χ0) is 18.9. The predicted molar refractivity (Wildman–Crippen MR) is 115 cm³/mol. The highest BCUT2D eigenvalue weighted by molar-refractivity contribution is 7.81. The van der Waals surface area contributed by atoms with Crippen LogP contribution in [-0.4, -0.2) is 11.0 Å². The van der Waals surface area contributed by atoms with Gasteiger partial charge in [-0.1, -0.05) is 51.3 Å². The Morgan fingerprint density at radius 2 is 2.08 bits per heavy atom. The van der Waals surface area contributed by atoms with E-state index in [1.54, 1.807) is 0 Å². The van der Waals surface area contributed by atoms with Crippen LogP contribution < -0.4 is 0 Å². The van der Waals surface area contributed by atoms with Crippen LogP contribution in [0.4, 0.5) is 0 Å². The van der Waals surface area contributed by atoms with Crippen molar-refractivity contribution in [2.45, 2.75) is 90.2 Å². The van der Waals surface area contributed by atoms with Crippen LogP contribution in [0, 0.1) is 29.1 Å². The topological polar surface area (TPSA) is 17.1 Å². The number of rotatable bonds is 6. The van der Waals surface area contributed by atoms with E-state index in [4.69, 9.17) is 12.6 Å². The standard InChI is InChI=1S/C24H38OS/c1-5-7-16(3)12-19-9-11-22(24(19,4)6-2)21-14-17-8-10-20(25)13-18(17)15-23(21)26/h13,17,19,21-23,26H,3,5-12,14-15H2,1-2,4H3. The minimum Gasteiger partial charge on any atom is -0.295 e. The van der Waals surface area contributed by atoms with Crippen LogP contribution in [0.25, 0.3) is 0 Å². The minimum absolute atomic E-state index is 0.337. The number of ketones is 1. The second-order valence-electron chi connectivity index (χ2n) is 9.54. The van der Waals surface area contributed by atoms with E-state index < -0.39 is 0 Å². The van der Waals surface area contributed by atoms with Crippen LogP contribution in [0.3, 0.4) is 0 Å². The van der Waals surface area contributed by atoms with Crippen molar-refractivity contribution in [3.63, 3.8) is 0 Å². The number of carbonyl (C=O) groups excluding carboxylic acids is 1. The fraction of sp³-hybridized carbons (Fsp3) is 0.792. The molecule has 2 fully saturated rings. The first-order valence-corrected chi connectivity index (χ1v) is 11.5. The van der Waals surface area contributed by atoms with E-state index in [2.05, 4.69) is 27.4 Å². The van der Waals surface area contributed by atoms with Gasteiger partial charge in [0.2, 0.25) is 0 Å². The van der Waals surface area contributed by atoms with Gasteiger partial charge in [-0.3, -0.25) is 4.79 Å². The third kappa shape index (κ3) is 3.86. The van der Waals surface area contributed by atoms with Gasteiger partial charge in [0, 0.05) is 11.7 Å². The molecule has 0 radical (unpaired) electrons. The fourth-order valence-electron chi connectivity index (χ4n) is 6.44. The van der Waals surface area contributed by atoms with Gasteiger partial charge in [-0.25, -0.2) is 0 Å². The summed E-state index contributed by atoms with van der Waals surface area (Å²) in [5.41, 5.74) is 3.29. The maximum Gasteiger partial charge on any atom is 0.155 e. The summed E-state index contributed by atoms with van der Waals surface area (Å²) < 4.78 is 0. The third-order valence-electron chi connectivity index (χ3n) is 8.13. The molecule has 0 saturated heterocycles. The lowest BCUT2D eigenvalue weighted by molar-refractivity contribution is -0.115. The Bertz CT molecular complexity index is 577. The molecule has 3 rings (SSSR count). The molecule has 146 valence electrons. The van der Waals surface area contributed by atoms with E-state index in [0.717, 1.165) is 31.1 Å². The lowest BCUT2D eigenvalue weighted by Crippen LogP contribution is -2.40. The molecule has 0 spiro atoms. The Morgan fingerprint density at radius 1 is 1.31 bits per heavy atom. The molecule has 1 nitrogen and oxygen atoms in total. The molecule has 6 atom stereocenters. The Hall–Kier alpha value is -0.500. The number of carbonyl (C=O) groups is 1. The third-order valence-corrected chi connectivity index (χ3v) is 8.69. The van der Waals surface area contributed by atoms with Gasteiger partial charge in [0.05, 0.1) is 0 Å². The van der Waals surface area contributed by atoms with E-state index in [1.165, 1.54) is 56.1 Å². The van der Waals surface area contributed by atoms with E-state index in [9.17, 15) is 4.79 Å². The van der Waals surface area contributed by atoms with Gasteiger partial charge in [0.1, 0.15) is 0 Å². The average molecular weight is 375 g/mol. The summed E-state index contributed by atoms with van der Waals surface area (Å²) in [6.07, 6.45) is 13.7. The quantitative estimate of drug-likeness (QED) is 0.400. The van der Waals surface area contributed by atoms with Crippen molar-refractivity contribution in [3.05, 3.63) is 23.8 Å². The van der Waals surface area contributed by atoms with Crippen LogP contribution >= 0.6 is 12.6 Å². The van der Waals surface area contributed by atoms with Gasteiger partial charge < -0.3 is 0 Å². The van der Waals surface area contributed by atoms with Crippen LogP contribution in [-0.2, 0) is 4.79 Å². The van der Waals surface area contributed by atoms with E-state index >= 15 is 0 Å². The normalized spacial score (nSPS) is 40.2. The second-order valence-corrected chi connectivity index (χ2v) is 10.2. The molecule has 0 heterocycles. The first kappa shape index (κ1) is 20.2. The Balaban J connectivity index is 1.75. The molecular weight excluding hydrogens is 336 g/mol. The molecule has 3 aliphatic carbocycles. The van der Waals surface area contributed by atoms with E-state index in [0.29, 0.717) is 28.3 Å². The van der Waals surface area contributed by atoms with Gasteiger partial charge in [-0.15, -0.1) is 0 Å². The molecule has 0 bridgehead atoms. The summed E-state index contributed by atoms with van der Waals surface area (Å²) in [6.45, 7) is 11.6. The summed E-state index contributed by atoms with van der Waals surface area (Å²) >= 11 is 5.06. The smallest absolute Gasteiger partial charge is 0.155 e.